The predicted molar refractivity (Wildman–Crippen MR) is 138 cm³/mol. The average Bonchev–Trinajstić information content (AvgIpc) is 2.90. The van der Waals surface area contributed by atoms with Gasteiger partial charge >= 0.3 is 0 Å². The first-order valence-corrected chi connectivity index (χ1v) is 12.7. The lowest BCUT2D eigenvalue weighted by Gasteiger charge is -2.29. The molecule has 0 aromatic heterocycles. The Morgan fingerprint density at radius 1 is 0.944 bits per heavy atom. The molecule has 2 unspecified atom stereocenters. The molecule has 36 heavy (non-hydrogen) atoms. The van der Waals surface area contributed by atoms with Crippen molar-refractivity contribution in [1.29, 1.82) is 0 Å². The van der Waals surface area contributed by atoms with Crippen LogP contribution >= 0.6 is 0 Å². The van der Waals surface area contributed by atoms with Crippen LogP contribution in [0.2, 0.25) is 0 Å². The van der Waals surface area contributed by atoms with Crippen molar-refractivity contribution >= 4 is 0 Å². The first-order valence-electron chi connectivity index (χ1n) is 12.7. The fourth-order valence-corrected chi connectivity index (χ4v) is 4.64. The molecule has 190 valence electrons. The van der Waals surface area contributed by atoms with E-state index in [4.69, 9.17) is 9.47 Å². The van der Waals surface area contributed by atoms with E-state index in [-0.39, 0.29) is 23.2 Å². The van der Waals surface area contributed by atoms with Gasteiger partial charge in [0.1, 0.15) is 5.82 Å². The lowest BCUT2D eigenvalue weighted by Crippen LogP contribution is -2.21. The molecule has 0 bridgehead atoms. The van der Waals surface area contributed by atoms with Crippen LogP contribution in [-0.2, 0) is 4.74 Å². The van der Waals surface area contributed by atoms with E-state index < -0.39 is 11.6 Å². The zero-order chi connectivity index (χ0) is 25.5. The summed E-state index contributed by atoms with van der Waals surface area (Å²) in [6.07, 6.45) is 7.23. The van der Waals surface area contributed by atoms with E-state index in [2.05, 4.69) is 6.58 Å². The smallest absolute Gasteiger partial charge is 0.201 e. The maximum Gasteiger partial charge on any atom is 0.201 e. The molecule has 1 aliphatic heterocycles. The molecule has 0 radical (unpaired) electrons. The third kappa shape index (κ3) is 6.01. The highest BCUT2D eigenvalue weighted by atomic mass is 19.2. The van der Waals surface area contributed by atoms with E-state index in [1.165, 1.54) is 18.2 Å². The summed E-state index contributed by atoms with van der Waals surface area (Å²) in [7, 11) is 0. The Bertz CT molecular complexity index is 1170. The summed E-state index contributed by atoms with van der Waals surface area (Å²) in [5, 5.41) is 0. The Balaban J connectivity index is 1.45. The average molecular weight is 495 g/mol. The topological polar surface area (TPSA) is 18.5 Å². The molecule has 3 aromatic carbocycles. The van der Waals surface area contributed by atoms with Gasteiger partial charge in [-0.1, -0.05) is 55.8 Å². The third-order valence-corrected chi connectivity index (χ3v) is 6.83. The molecule has 0 amide bonds. The van der Waals surface area contributed by atoms with Crippen LogP contribution in [0.1, 0.15) is 57.1 Å². The van der Waals surface area contributed by atoms with E-state index in [0.717, 1.165) is 44.1 Å². The number of halogens is 3. The normalized spacial score (nSPS) is 17.7. The van der Waals surface area contributed by atoms with E-state index in [9.17, 15) is 8.78 Å². The van der Waals surface area contributed by atoms with Crippen LogP contribution in [0.3, 0.4) is 0 Å². The van der Waals surface area contributed by atoms with Crippen molar-refractivity contribution in [3.8, 4) is 28.0 Å². The van der Waals surface area contributed by atoms with Crippen LogP contribution in [-0.4, -0.2) is 13.2 Å². The number of unbranched alkanes of at least 4 members (excludes halogenated alkanes) is 1. The van der Waals surface area contributed by atoms with Gasteiger partial charge in [-0.3, -0.25) is 0 Å². The Hall–Kier alpha value is -3.05. The minimum Gasteiger partial charge on any atom is -0.490 e. The van der Waals surface area contributed by atoms with E-state index in [1.807, 2.05) is 19.1 Å². The van der Waals surface area contributed by atoms with Crippen LogP contribution in [0, 0.1) is 23.4 Å². The largest absolute Gasteiger partial charge is 0.490 e. The first-order chi connectivity index (χ1) is 17.5. The summed E-state index contributed by atoms with van der Waals surface area (Å²) in [4.78, 5) is 0. The molecule has 2 nitrogen and oxygen atoms in total. The molecule has 0 N–H and O–H groups in total. The third-order valence-electron chi connectivity index (χ3n) is 6.83. The van der Waals surface area contributed by atoms with Crippen LogP contribution in [0.5, 0.6) is 5.75 Å². The van der Waals surface area contributed by atoms with Gasteiger partial charge in [0.05, 0.1) is 19.3 Å². The van der Waals surface area contributed by atoms with E-state index >= 15 is 4.39 Å². The number of hydrogen-bond acceptors (Lipinski definition) is 2. The number of benzene rings is 3. The maximum atomic E-state index is 15.0. The summed E-state index contributed by atoms with van der Waals surface area (Å²) in [5.74, 6) is -1.79. The summed E-state index contributed by atoms with van der Waals surface area (Å²) < 4.78 is 55.5. The predicted octanol–water partition coefficient (Wildman–Crippen LogP) is 9.05. The summed E-state index contributed by atoms with van der Waals surface area (Å²) in [6, 6.07) is 15.2. The minimum atomic E-state index is -0.984. The van der Waals surface area contributed by atoms with E-state index in [0.29, 0.717) is 35.8 Å². The van der Waals surface area contributed by atoms with Crippen molar-refractivity contribution in [2.24, 2.45) is 5.92 Å². The summed E-state index contributed by atoms with van der Waals surface area (Å²) >= 11 is 0. The number of rotatable bonds is 10. The number of allylic oxidation sites excluding steroid dienone is 1. The molecule has 1 heterocycles. The summed E-state index contributed by atoms with van der Waals surface area (Å²) in [6.45, 7) is 6.76. The standard InChI is InChI=1S/C31H33F3O2/c1-3-5-7-21-8-16-28(36-20-21)26-14-13-24(19-27(26)32)22-9-11-23(12-10-22)25-15-17-29(31(34)30(25)33)35-18-6-4-2/h3,9-15,17,19,21,28H,1,4-8,16,18,20H2,2H3. The van der Waals surface area contributed by atoms with Crippen LogP contribution < -0.4 is 4.74 Å². The van der Waals surface area contributed by atoms with Crippen molar-refractivity contribution in [3.63, 3.8) is 0 Å². The summed E-state index contributed by atoms with van der Waals surface area (Å²) in [5.41, 5.74) is 2.78. The van der Waals surface area contributed by atoms with Gasteiger partial charge in [0.15, 0.2) is 11.6 Å². The van der Waals surface area contributed by atoms with Gasteiger partial charge in [0.2, 0.25) is 5.82 Å². The Morgan fingerprint density at radius 2 is 1.69 bits per heavy atom. The minimum absolute atomic E-state index is 0.0777. The second-order valence-electron chi connectivity index (χ2n) is 9.39. The molecule has 1 fully saturated rings. The molecular weight excluding hydrogens is 461 g/mol. The lowest BCUT2D eigenvalue weighted by molar-refractivity contribution is -0.0207. The van der Waals surface area contributed by atoms with Gasteiger partial charge in [0, 0.05) is 11.1 Å². The molecule has 4 rings (SSSR count). The highest BCUT2D eigenvalue weighted by Crippen LogP contribution is 2.36. The van der Waals surface area contributed by atoms with E-state index in [1.54, 1.807) is 30.3 Å². The van der Waals surface area contributed by atoms with Gasteiger partial charge < -0.3 is 9.47 Å². The molecule has 2 atom stereocenters. The fourth-order valence-electron chi connectivity index (χ4n) is 4.64. The second-order valence-corrected chi connectivity index (χ2v) is 9.39. The van der Waals surface area contributed by atoms with Crippen molar-refractivity contribution in [1.82, 2.24) is 0 Å². The van der Waals surface area contributed by atoms with Crippen molar-refractivity contribution in [3.05, 3.63) is 90.3 Å². The van der Waals surface area contributed by atoms with Crippen molar-refractivity contribution < 1.29 is 22.6 Å². The highest BCUT2D eigenvalue weighted by Gasteiger charge is 2.25. The van der Waals surface area contributed by atoms with Gasteiger partial charge in [-0.05, 0) is 72.9 Å². The molecular formula is C31H33F3O2. The molecule has 1 saturated heterocycles. The quantitative estimate of drug-likeness (QED) is 0.207. The van der Waals surface area contributed by atoms with Crippen molar-refractivity contribution in [2.45, 2.75) is 51.6 Å². The second kappa shape index (κ2) is 12.3. The highest BCUT2D eigenvalue weighted by molar-refractivity contribution is 5.71. The zero-order valence-corrected chi connectivity index (χ0v) is 20.7. The molecule has 5 heteroatoms. The SMILES string of the molecule is C=CCCC1CCC(c2ccc(-c3ccc(-c4ccc(OCCCC)c(F)c4F)cc3)cc2F)OC1. The van der Waals surface area contributed by atoms with Crippen molar-refractivity contribution in [2.75, 3.05) is 13.2 Å². The van der Waals surface area contributed by atoms with Gasteiger partial charge in [-0.2, -0.15) is 4.39 Å². The maximum absolute atomic E-state index is 15.0. The van der Waals surface area contributed by atoms with Gasteiger partial charge in [-0.15, -0.1) is 6.58 Å². The Kier molecular flexibility index (Phi) is 8.87. The molecule has 1 aliphatic rings. The van der Waals surface area contributed by atoms with Gasteiger partial charge in [0.25, 0.3) is 0 Å². The molecule has 3 aromatic rings. The van der Waals surface area contributed by atoms with Crippen LogP contribution in [0.15, 0.2) is 67.3 Å². The molecule has 0 saturated carbocycles. The zero-order valence-electron chi connectivity index (χ0n) is 20.7. The van der Waals surface area contributed by atoms with Crippen LogP contribution in [0.25, 0.3) is 22.3 Å². The van der Waals surface area contributed by atoms with Crippen LogP contribution in [0.4, 0.5) is 13.2 Å². The fraction of sp³-hybridized carbons (Fsp3) is 0.355. The number of ether oxygens (including phenoxy) is 2. The van der Waals surface area contributed by atoms with Gasteiger partial charge in [-0.25, -0.2) is 8.78 Å². The first kappa shape index (κ1) is 26.0. The Morgan fingerprint density at radius 3 is 2.36 bits per heavy atom. The monoisotopic (exact) mass is 494 g/mol. The molecule has 0 spiro atoms. The lowest BCUT2D eigenvalue weighted by atomic mass is 9.90. The number of hydrogen-bond donors (Lipinski definition) is 0. The Labute approximate surface area is 211 Å². The molecule has 0 aliphatic carbocycles.